The number of hydrogen-bond acceptors (Lipinski definition) is 5. The number of aromatic nitrogens is 1. The summed E-state index contributed by atoms with van der Waals surface area (Å²) in [6.07, 6.45) is 3.37. The molecule has 154 valence electrons. The van der Waals surface area contributed by atoms with Crippen molar-refractivity contribution in [2.24, 2.45) is 5.10 Å². The highest BCUT2D eigenvalue weighted by atomic mass is 19.1. The van der Waals surface area contributed by atoms with Crippen molar-refractivity contribution in [1.29, 1.82) is 0 Å². The number of hydrazone groups is 1. The van der Waals surface area contributed by atoms with E-state index < -0.39 is 11.8 Å². The minimum absolute atomic E-state index is 0.0397. The van der Waals surface area contributed by atoms with Crippen molar-refractivity contribution in [1.82, 2.24) is 4.40 Å². The predicted molar refractivity (Wildman–Crippen MR) is 114 cm³/mol. The van der Waals surface area contributed by atoms with Gasteiger partial charge in [0.1, 0.15) is 5.82 Å². The highest BCUT2D eigenvalue weighted by Gasteiger charge is 2.20. The number of rotatable bonds is 6. The van der Waals surface area contributed by atoms with Gasteiger partial charge in [0.05, 0.1) is 29.1 Å². The number of nitrogens with zero attached hydrogens (tertiary/aromatic N) is 2. The summed E-state index contributed by atoms with van der Waals surface area (Å²) in [4.78, 5) is 24.1. The van der Waals surface area contributed by atoms with Gasteiger partial charge in [-0.1, -0.05) is 18.2 Å². The quantitative estimate of drug-likeness (QED) is 0.298. The van der Waals surface area contributed by atoms with Crippen molar-refractivity contribution in [3.05, 3.63) is 107 Å². The summed E-state index contributed by atoms with van der Waals surface area (Å²) >= 11 is 0. The SMILES string of the molecule is Cc1c(/C=N\Nc2cccc(C(=O)[O-])c2)c2ccccn2c1C(=O)c1ccc(F)cc1. The molecule has 0 saturated carbocycles. The van der Waals surface area contributed by atoms with Crippen molar-refractivity contribution >= 4 is 29.2 Å². The lowest BCUT2D eigenvalue weighted by molar-refractivity contribution is -0.255. The van der Waals surface area contributed by atoms with Crippen molar-refractivity contribution < 1.29 is 19.1 Å². The van der Waals surface area contributed by atoms with Gasteiger partial charge in [-0.05, 0) is 66.6 Å². The van der Waals surface area contributed by atoms with Crippen LogP contribution in [0.25, 0.3) is 5.52 Å². The van der Waals surface area contributed by atoms with E-state index in [-0.39, 0.29) is 11.3 Å². The molecule has 0 aliphatic carbocycles. The maximum absolute atomic E-state index is 13.3. The second-order valence-corrected chi connectivity index (χ2v) is 6.92. The Balaban J connectivity index is 1.70. The molecule has 7 heteroatoms. The monoisotopic (exact) mass is 414 g/mol. The van der Waals surface area contributed by atoms with Gasteiger partial charge in [-0.25, -0.2) is 4.39 Å². The van der Waals surface area contributed by atoms with Crippen LogP contribution in [0.5, 0.6) is 0 Å². The Morgan fingerprint density at radius 1 is 1.03 bits per heavy atom. The minimum Gasteiger partial charge on any atom is -0.545 e. The van der Waals surface area contributed by atoms with E-state index in [4.69, 9.17) is 0 Å². The molecule has 0 atom stereocenters. The lowest BCUT2D eigenvalue weighted by Crippen LogP contribution is -2.22. The van der Waals surface area contributed by atoms with Crippen LogP contribution in [0.1, 0.15) is 37.5 Å². The average molecular weight is 414 g/mol. The van der Waals surface area contributed by atoms with E-state index in [0.29, 0.717) is 16.9 Å². The molecule has 0 saturated heterocycles. The molecule has 0 radical (unpaired) electrons. The molecule has 4 aromatic rings. The molecule has 31 heavy (non-hydrogen) atoms. The van der Waals surface area contributed by atoms with Gasteiger partial charge < -0.3 is 14.3 Å². The summed E-state index contributed by atoms with van der Waals surface area (Å²) in [5.74, 6) is -1.91. The van der Waals surface area contributed by atoms with Crippen LogP contribution in [0.4, 0.5) is 10.1 Å². The van der Waals surface area contributed by atoms with Gasteiger partial charge in [0.15, 0.2) is 0 Å². The Morgan fingerprint density at radius 2 is 1.81 bits per heavy atom. The van der Waals surface area contributed by atoms with Gasteiger partial charge in [0, 0.05) is 17.3 Å². The molecule has 0 aliphatic rings. The molecule has 2 heterocycles. The number of fused-ring (bicyclic) bond motifs is 1. The summed E-state index contributed by atoms with van der Waals surface area (Å²) in [6, 6.07) is 17.1. The topological polar surface area (TPSA) is 86.0 Å². The van der Waals surface area contributed by atoms with E-state index in [2.05, 4.69) is 10.5 Å². The number of hydrogen-bond donors (Lipinski definition) is 1. The number of nitrogens with one attached hydrogen (secondary N) is 1. The Kier molecular flexibility index (Phi) is 5.32. The van der Waals surface area contributed by atoms with Crippen LogP contribution in [0, 0.1) is 12.7 Å². The van der Waals surface area contributed by atoms with Crippen LogP contribution >= 0.6 is 0 Å². The lowest BCUT2D eigenvalue weighted by Gasteiger charge is -2.05. The molecule has 0 bridgehead atoms. The van der Waals surface area contributed by atoms with Crippen LogP contribution in [-0.4, -0.2) is 22.4 Å². The molecule has 0 fully saturated rings. The third-order valence-corrected chi connectivity index (χ3v) is 4.94. The van der Waals surface area contributed by atoms with Gasteiger partial charge in [-0.3, -0.25) is 10.2 Å². The average Bonchev–Trinajstić information content (AvgIpc) is 3.05. The number of carboxylic acids is 1. The van der Waals surface area contributed by atoms with E-state index in [1.54, 1.807) is 28.9 Å². The van der Waals surface area contributed by atoms with Crippen molar-refractivity contribution in [3.8, 4) is 0 Å². The number of halogens is 1. The van der Waals surface area contributed by atoms with Crippen LogP contribution in [-0.2, 0) is 0 Å². The van der Waals surface area contributed by atoms with Gasteiger partial charge >= 0.3 is 0 Å². The van der Waals surface area contributed by atoms with Crippen molar-refractivity contribution in [2.45, 2.75) is 6.92 Å². The zero-order valence-electron chi connectivity index (χ0n) is 16.5. The van der Waals surface area contributed by atoms with Crippen LogP contribution in [0.3, 0.4) is 0 Å². The van der Waals surface area contributed by atoms with Gasteiger partial charge in [0.2, 0.25) is 5.78 Å². The summed E-state index contributed by atoms with van der Waals surface area (Å²) in [7, 11) is 0. The van der Waals surface area contributed by atoms with E-state index in [9.17, 15) is 19.1 Å². The molecular weight excluding hydrogens is 397 g/mol. The molecule has 0 amide bonds. The summed E-state index contributed by atoms with van der Waals surface area (Å²) < 4.78 is 15.0. The number of carboxylic acid groups (broad SMARTS) is 1. The maximum Gasteiger partial charge on any atom is 0.210 e. The van der Waals surface area contributed by atoms with Gasteiger partial charge in [0.25, 0.3) is 0 Å². The van der Waals surface area contributed by atoms with E-state index in [0.717, 1.165) is 16.6 Å². The summed E-state index contributed by atoms with van der Waals surface area (Å²) in [5, 5.41) is 15.2. The first kappa shape index (κ1) is 20.0. The number of carbonyl (C=O) groups excluding carboxylic acids is 2. The standard InChI is InChI=1S/C24H18FN3O3/c1-15-20(14-26-27-19-6-4-5-17(13-19)24(30)31)21-7-2-3-12-28(21)22(15)23(29)16-8-10-18(25)11-9-16/h2-14,27H,1H3,(H,30,31)/p-1/b26-14-. The summed E-state index contributed by atoms with van der Waals surface area (Å²) in [5.41, 5.74) is 6.40. The molecule has 2 aromatic carbocycles. The molecule has 0 spiro atoms. The number of benzene rings is 2. The first-order valence-corrected chi connectivity index (χ1v) is 9.46. The molecule has 6 nitrogen and oxygen atoms in total. The van der Waals surface area contributed by atoms with Crippen LogP contribution < -0.4 is 10.5 Å². The number of pyridine rings is 1. The Morgan fingerprint density at radius 3 is 2.55 bits per heavy atom. The van der Waals surface area contributed by atoms with Crippen molar-refractivity contribution in [3.63, 3.8) is 0 Å². The molecule has 1 N–H and O–H groups in total. The maximum atomic E-state index is 13.3. The first-order valence-electron chi connectivity index (χ1n) is 9.46. The molecule has 4 rings (SSSR count). The second-order valence-electron chi connectivity index (χ2n) is 6.92. The zero-order valence-corrected chi connectivity index (χ0v) is 16.5. The molecule has 0 unspecified atom stereocenters. The number of ketones is 1. The normalized spacial score (nSPS) is 11.2. The highest BCUT2D eigenvalue weighted by Crippen LogP contribution is 2.24. The van der Waals surface area contributed by atoms with Crippen LogP contribution in [0.2, 0.25) is 0 Å². The van der Waals surface area contributed by atoms with E-state index in [1.807, 2.05) is 25.1 Å². The first-order chi connectivity index (χ1) is 15.0. The van der Waals surface area contributed by atoms with Gasteiger partial charge in [-0.2, -0.15) is 5.10 Å². The van der Waals surface area contributed by atoms with E-state index in [1.165, 1.54) is 36.4 Å². The predicted octanol–water partition coefficient (Wildman–Crippen LogP) is 3.43. The smallest absolute Gasteiger partial charge is 0.210 e. The Bertz CT molecular complexity index is 1320. The molecule has 0 aliphatic heterocycles. The van der Waals surface area contributed by atoms with Gasteiger partial charge in [-0.15, -0.1) is 0 Å². The fourth-order valence-electron chi connectivity index (χ4n) is 3.43. The fraction of sp³-hybridized carbons (Fsp3) is 0.0417. The number of aromatic carboxylic acids is 1. The fourth-order valence-corrected chi connectivity index (χ4v) is 3.43. The van der Waals surface area contributed by atoms with E-state index >= 15 is 0 Å². The Labute approximate surface area is 177 Å². The third kappa shape index (κ3) is 3.93. The van der Waals surface area contributed by atoms with Crippen molar-refractivity contribution in [2.75, 3.05) is 5.43 Å². The lowest BCUT2D eigenvalue weighted by atomic mass is 10.0. The largest absolute Gasteiger partial charge is 0.545 e. The zero-order chi connectivity index (χ0) is 22.0. The molecule has 2 aromatic heterocycles. The third-order valence-electron chi connectivity index (χ3n) is 4.94. The highest BCUT2D eigenvalue weighted by molar-refractivity contribution is 6.12. The minimum atomic E-state index is -1.27. The molecular formula is C24H17FN3O3-. The number of anilines is 1. The Hall–Kier alpha value is -4.26. The van der Waals surface area contributed by atoms with Crippen LogP contribution in [0.15, 0.2) is 78.0 Å². The number of carbonyl (C=O) groups is 2. The summed E-state index contributed by atoms with van der Waals surface area (Å²) in [6.45, 7) is 1.82. The second kappa shape index (κ2) is 8.23.